The van der Waals surface area contributed by atoms with E-state index in [0.29, 0.717) is 6.54 Å². The molecule has 1 atom stereocenters. The number of amides is 1. The molecule has 0 aromatic carbocycles. The second kappa shape index (κ2) is 7.16. The Bertz CT molecular complexity index is 592. The Labute approximate surface area is 124 Å². The number of rotatable bonds is 6. The molecule has 0 saturated carbocycles. The molecule has 2 heterocycles. The molecule has 8 heteroatoms. The third-order valence-corrected chi connectivity index (χ3v) is 3.36. The molecular weight excluding hydrogens is 298 g/mol. The van der Waals surface area contributed by atoms with E-state index in [1.165, 1.54) is 12.3 Å². The zero-order valence-corrected chi connectivity index (χ0v) is 12.1. The number of nitrogens with one attached hydrogen (secondary N) is 1. The van der Waals surface area contributed by atoms with Crippen molar-refractivity contribution in [3.05, 3.63) is 42.6 Å². The second-order valence-corrected chi connectivity index (χ2v) is 5.35. The molecule has 1 amide bonds. The average molecular weight is 312 g/mol. The van der Waals surface area contributed by atoms with Gasteiger partial charge in [-0.15, -0.1) is 0 Å². The van der Waals surface area contributed by atoms with Crippen LogP contribution in [0.5, 0.6) is 0 Å². The molecule has 21 heavy (non-hydrogen) atoms. The quantitative estimate of drug-likeness (QED) is 0.832. The van der Waals surface area contributed by atoms with Crippen LogP contribution in [0.25, 0.3) is 0 Å². The molecule has 0 fully saturated rings. The molecule has 5 nitrogen and oxygen atoms in total. The Kier molecular flexibility index (Phi) is 5.26. The van der Waals surface area contributed by atoms with Crippen molar-refractivity contribution in [3.8, 4) is 0 Å². The fourth-order valence-electron chi connectivity index (χ4n) is 1.80. The van der Waals surface area contributed by atoms with Crippen LogP contribution < -0.4 is 5.32 Å². The number of hydrogen-bond donors (Lipinski definition) is 1. The van der Waals surface area contributed by atoms with Crippen LogP contribution in [0.3, 0.4) is 0 Å². The third-order valence-electron chi connectivity index (χ3n) is 2.64. The molecule has 2 aromatic heterocycles. The highest BCUT2D eigenvalue weighted by Gasteiger charge is 2.18. The van der Waals surface area contributed by atoms with E-state index in [1.807, 2.05) is 11.5 Å². The number of halogens is 2. The monoisotopic (exact) mass is 312 g/mol. The van der Waals surface area contributed by atoms with Crippen LogP contribution in [0.1, 0.15) is 17.3 Å². The highest BCUT2D eigenvalue weighted by atomic mass is 32.2. The largest absolute Gasteiger partial charge is 0.348 e. The standard InChI is InChI=1S/C13H14F2N4OS/c1-9(7-19-6-5-16-8-19)18-11(20)10-3-2-4-17-12(10)21-13(14)15/h2-6,8-9,13H,7H2,1H3,(H,18,20). The molecule has 0 aliphatic rings. The molecule has 0 aliphatic carbocycles. The Morgan fingerprint density at radius 1 is 1.48 bits per heavy atom. The molecule has 2 aromatic rings. The van der Waals surface area contributed by atoms with E-state index < -0.39 is 11.7 Å². The summed E-state index contributed by atoms with van der Waals surface area (Å²) in [6.45, 7) is 2.37. The van der Waals surface area contributed by atoms with Crippen LogP contribution in [-0.4, -0.2) is 32.2 Å². The lowest BCUT2D eigenvalue weighted by Gasteiger charge is -2.15. The zero-order valence-electron chi connectivity index (χ0n) is 11.2. The first kappa shape index (κ1) is 15.4. The van der Waals surface area contributed by atoms with Gasteiger partial charge >= 0.3 is 0 Å². The molecule has 0 spiro atoms. The van der Waals surface area contributed by atoms with E-state index in [-0.39, 0.29) is 28.4 Å². The van der Waals surface area contributed by atoms with Gasteiger partial charge in [0, 0.05) is 31.2 Å². The minimum absolute atomic E-state index is 0.0276. The highest BCUT2D eigenvalue weighted by Crippen LogP contribution is 2.26. The van der Waals surface area contributed by atoms with E-state index >= 15 is 0 Å². The van der Waals surface area contributed by atoms with Gasteiger partial charge in [0.25, 0.3) is 11.7 Å². The van der Waals surface area contributed by atoms with Gasteiger partial charge in [-0.3, -0.25) is 4.79 Å². The topological polar surface area (TPSA) is 59.8 Å². The third kappa shape index (κ3) is 4.52. The predicted octanol–water partition coefficient (Wildman–Crippen LogP) is 2.41. The van der Waals surface area contributed by atoms with Crippen LogP contribution in [0.4, 0.5) is 8.78 Å². The van der Waals surface area contributed by atoms with Gasteiger partial charge in [-0.2, -0.15) is 8.78 Å². The van der Waals surface area contributed by atoms with Crippen LogP contribution in [0.15, 0.2) is 42.1 Å². The smallest absolute Gasteiger partial charge is 0.290 e. The Balaban J connectivity index is 2.02. The molecule has 112 valence electrons. The Hall–Kier alpha value is -1.96. The van der Waals surface area contributed by atoms with Gasteiger partial charge in [-0.25, -0.2) is 9.97 Å². The first-order valence-electron chi connectivity index (χ1n) is 6.22. The Morgan fingerprint density at radius 3 is 2.95 bits per heavy atom. The van der Waals surface area contributed by atoms with Crippen LogP contribution in [0, 0.1) is 0 Å². The minimum Gasteiger partial charge on any atom is -0.348 e. The molecule has 2 rings (SSSR count). The summed E-state index contributed by atoms with van der Waals surface area (Å²) in [6.07, 6.45) is 6.46. The summed E-state index contributed by atoms with van der Waals surface area (Å²) in [5.74, 6) is -3.03. The fourth-order valence-corrected chi connectivity index (χ4v) is 2.38. The molecule has 0 aliphatic heterocycles. The summed E-state index contributed by atoms with van der Waals surface area (Å²) in [6, 6.07) is 2.86. The maximum atomic E-state index is 12.5. The van der Waals surface area contributed by atoms with E-state index in [4.69, 9.17) is 0 Å². The highest BCUT2D eigenvalue weighted by molar-refractivity contribution is 7.99. The molecule has 1 unspecified atom stereocenters. The van der Waals surface area contributed by atoms with Crippen LogP contribution in [0.2, 0.25) is 0 Å². The molecule has 1 N–H and O–H groups in total. The van der Waals surface area contributed by atoms with Gasteiger partial charge in [0.15, 0.2) is 0 Å². The van der Waals surface area contributed by atoms with Crippen LogP contribution >= 0.6 is 11.8 Å². The van der Waals surface area contributed by atoms with Gasteiger partial charge < -0.3 is 9.88 Å². The first-order chi connectivity index (χ1) is 10.1. The lowest BCUT2D eigenvalue weighted by molar-refractivity contribution is 0.0933. The number of carbonyl (C=O) groups excluding carboxylic acids is 1. The second-order valence-electron chi connectivity index (χ2n) is 4.37. The van der Waals surface area contributed by atoms with Gasteiger partial charge in [0.2, 0.25) is 0 Å². The maximum absolute atomic E-state index is 12.5. The number of alkyl halides is 2. The molecule has 0 saturated heterocycles. The van der Waals surface area contributed by atoms with Gasteiger partial charge in [-0.1, -0.05) is 0 Å². The van der Waals surface area contributed by atoms with E-state index in [2.05, 4.69) is 15.3 Å². The predicted molar refractivity (Wildman–Crippen MR) is 75.3 cm³/mol. The minimum atomic E-state index is -2.62. The van der Waals surface area contributed by atoms with Crippen molar-refractivity contribution in [2.24, 2.45) is 0 Å². The number of hydrogen-bond acceptors (Lipinski definition) is 4. The number of carbonyl (C=O) groups is 1. The van der Waals surface area contributed by atoms with Crippen molar-refractivity contribution in [3.63, 3.8) is 0 Å². The number of aromatic nitrogens is 3. The van der Waals surface area contributed by atoms with E-state index in [9.17, 15) is 13.6 Å². The van der Waals surface area contributed by atoms with Crippen molar-refractivity contribution >= 4 is 17.7 Å². The van der Waals surface area contributed by atoms with E-state index in [1.54, 1.807) is 24.8 Å². The van der Waals surface area contributed by atoms with Crippen molar-refractivity contribution in [2.45, 2.75) is 30.3 Å². The summed E-state index contributed by atoms with van der Waals surface area (Å²) < 4.78 is 26.7. The normalized spacial score (nSPS) is 12.4. The lowest BCUT2D eigenvalue weighted by atomic mass is 10.2. The Morgan fingerprint density at radius 2 is 2.29 bits per heavy atom. The SMILES string of the molecule is CC(Cn1ccnc1)NC(=O)c1cccnc1SC(F)F. The number of nitrogens with zero attached hydrogens (tertiary/aromatic N) is 3. The lowest BCUT2D eigenvalue weighted by Crippen LogP contribution is -2.35. The first-order valence-corrected chi connectivity index (χ1v) is 7.10. The van der Waals surface area contributed by atoms with Gasteiger partial charge in [0.05, 0.1) is 11.9 Å². The van der Waals surface area contributed by atoms with Crippen molar-refractivity contribution < 1.29 is 13.6 Å². The molecule has 0 radical (unpaired) electrons. The summed E-state index contributed by atoms with van der Waals surface area (Å²) in [5, 5.41) is 2.79. The molecule has 0 bridgehead atoms. The van der Waals surface area contributed by atoms with Gasteiger partial charge in [-0.05, 0) is 30.8 Å². The summed E-state index contributed by atoms with van der Waals surface area (Å²) >= 11 is 0.265. The van der Waals surface area contributed by atoms with Crippen LogP contribution in [-0.2, 0) is 6.54 Å². The maximum Gasteiger partial charge on any atom is 0.290 e. The number of thioether (sulfide) groups is 1. The summed E-state index contributed by atoms with van der Waals surface area (Å²) in [5.41, 5.74) is 0.153. The summed E-state index contributed by atoms with van der Waals surface area (Å²) in [4.78, 5) is 19.9. The van der Waals surface area contributed by atoms with Gasteiger partial charge in [0.1, 0.15) is 5.03 Å². The van der Waals surface area contributed by atoms with Crippen molar-refractivity contribution in [2.75, 3.05) is 0 Å². The average Bonchev–Trinajstić information content (AvgIpc) is 2.91. The van der Waals surface area contributed by atoms with E-state index in [0.717, 1.165) is 0 Å². The molecular formula is C13H14F2N4OS. The number of pyridine rings is 1. The fraction of sp³-hybridized carbons (Fsp3) is 0.308. The van der Waals surface area contributed by atoms with Crippen molar-refractivity contribution in [1.29, 1.82) is 0 Å². The number of imidazole rings is 1. The van der Waals surface area contributed by atoms with Crippen molar-refractivity contribution in [1.82, 2.24) is 19.9 Å². The summed E-state index contributed by atoms with van der Waals surface area (Å²) in [7, 11) is 0. The zero-order chi connectivity index (χ0) is 15.2.